The number of carbonyl (C=O) groups is 1. The first-order valence-electron chi connectivity index (χ1n) is 9.15. The molecule has 0 unspecified atom stereocenters. The third kappa shape index (κ3) is 4.01. The summed E-state index contributed by atoms with van der Waals surface area (Å²) in [7, 11) is 0. The fourth-order valence-electron chi connectivity index (χ4n) is 3.05. The number of rotatable bonds is 5. The number of nitrogens with zero attached hydrogens (tertiary/aromatic N) is 1. The second kappa shape index (κ2) is 7.92. The van der Waals surface area contributed by atoms with Gasteiger partial charge >= 0.3 is 0 Å². The molecule has 28 heavy (non-hydrogen) atoms. The molecule has 1 amide bonds. The van der Waals surface area contributed by atoms with Gasteiger partial charge in [0.15, 0.2) is 5.76 Å². The van der Waals surface area contributed by atoms with Crippen molar-refractivity contribution < 1.29 is 9.32 Å². The van der Waals surface area contributed by atoms with Gasteiger partial charge in [-0.1, -0.05) is 77.5 Å². The molecular weight excluding hydrogens is 348 g/mol. The second-order valence-electron chi connectivity index (χ2n) is 6.68. The van der Waals surface area contributed by atoms with Crippen molar-refractivity contribution in [1.82, 2.24) is 10.5 Å². The Bertz CT molecular complexity index is 1080. The average molecular weight is 368 g/mol. The molecule has 0 atom stereocenters. The Morgan fingerprint density at radius 1 is 0.857 bits per heavy atom. The summed E-state index contributed by atoms with van der Waals surface area (Å²) in [5.74, 6) is 0.555. The van der Waals surface area contributed by atoms with Gasteiger partial charge in [-0.3, -0.25) is 4.79 Å². The molecule has 0 spiro atoms. The average Bonchev–Trinajstić information content (AvgIpc) is 3.22. The van der Waals surface area contributed by atoms with Crippen LogP contribution in [0.5, 0.6) is 0 Å². The molecule has 138 valence electrons. The zero-order valence-corrected chi connectivity index (χ0v) is 15.6. The van der Waals surface area contributed by atoms with Crippen molar-refractivity contribution in [2.45, 2.75) is 13.5 Å². The maximum Gasteiger partial charge on any atom is 0.251 e. The van der Waals surface area contributed by atoms with Crippen LogP contribution in [0.3, 0.4) is 0 Å². The number of carbonyl (C=O) groups excluding carboxylic acids is 1. The Morgan fingerprint density at radius 3 is 2.32 bits per heavy atom. The van der Waals surface area contributed by atoms with Crippen LogP contribution < -0.4 is 5.32 Å². The van der Waals surface area contributed by atoms with Crippen molar-refractivity contribution in [3.05, 3.63) is 102 Å². The van der Waals surface area contributed by atoms with E-state index in [0.29, 0.717) is 23.6 Å². The van der Waals surface area contributed by atoms with E-state index in [4.69, 9.17) is 4.52 Å². The van der Waals surface area contributed by atoms with E-state index < -0.39 is 0 Å². The first-order valence-corrected chi connectivity index (χ1v) is 9.15. The number of hydrogen-bond donors (Lipinski definition) is 1. The molecule has 0 radical (unpaired) electrons. The molecule has 0 aliphatic carbocycles. The number of nitrogens with one attached hydrogen (secondary N) is 1. The van der Waals surface area contributed by atoms with Gasteiger partial charge in [-0.05, 0) is 30.2 Å². The van der Waals surface area contributed by atoms with Crippen LogP contribution in [0.15, 0.2) is 89.5 Å². The molecule has 1 aromatic heterocycles. The molecule has 4 aromatic rings. The van der Waals surface area contributed by atoms with Crippen LogP contribution in [-0.4, -0.2) is 11.1 Å². The summed E-state index contributed by atoms with van der Waals surface area (Å²) in [6, 6.07) is 27.7. The van der Waals surface area contributed by atoms with E-state index in [1.54, 1.807) is 6.07 Å². The standard InChI is InChI=1S/C24H20N2O2/c1-17-6-5-9-21(14-17)24(27)25-16-22-15-23(28-26-22)20-12-10-19(11-13-20)18-7-3-2-4-8-18/h2-15H,16H2,1H3,(H,25,27). The van der Waals surface area contributed by atoms with Crippen LogP contribution in [0.25, 0.3) is 22.5 Å². The second-order valence-corrected chi connectivity index (χ2v) is 6.68. The van der Waals surface area contributed by atoms with Crippen LogP contribution in [0, 0.1) is 6.92 Å². The Labute approximate surface area is 163 Å². The van der Waals surface area contributed by atoms with Gasteiger partial charge in [0.1, 0.15) is 5.69 Å². The van der Waals surface area contributed by atoms with Gasteiger partial charge in [-0.25, -0.2) is 0 Å². The van der Waals surface area contributed by atoms with E-state index >= 15 is 0 Å². The lowest BCUT2D eigenvalue weighted by atomic mass is 10.0. The smallest absolute Gasteiger partial charge is 0.251 e. The van der Waals surface area contributed by atoms with Crippen LogP contribution in [0.2, 0.25) is 0 Å². The third-order valence-corrected chi connectivity index (χ3v) is 4.55. The molecule has 4 rings (SSSR count). The fraction of sp³-hybridized carbons (Fsp3) is 0.0833. The normalized spacial score (nSPS) is 10.6. The third-order valence-electron chi connectivity index (χ3n) is 4.55. The first kappa shape index (κ1) is 17.7. The number of hydrogen-bond acceptors (Lipinski definition) is 3. The molecule has 4 heteroatoms. The topological polar surface area (TPSA) is 55.1 Å². The highest BCUT2D eigenvalue weighted by atomic mass is 16.5. The van der Waals surface area contributed by atoms with Crippen molar-refractivity contribution in [3.8, 4) is 22.5 Å². The number of aryl methyl sites for hydroxylation is 1. The zero-order valence-electron chi connectivity index (χ0n) is 15.6. The molecule has 0 aliphatic rings. The predicted octanol–water partition coefficient (Wildman–Crippen LogP) is 5.25. The van der Waals surface area contributed by atoms with Gasteiger partial charge in [-0.15, -0.1) is 0 Å². The van der Waals surface area contributed by atoms with Crippen molar-refractivity contribution in [3.63, 3.8) is 0 Å². The maximum absolute atomic E-state index is 12.2. The van der Waals surface area contributed by atoms with E-state index in [1.807, 2.05) is 61.5 Å². The van der Waals surface area contributed by atoms with Crippen molar-refractivity contribution in [2.24, 2.45) is 0 Å². The highest BCUT2D eigenvalue weighted by molar-refractivity contribution is 5.94. The number of aromatic nitrogens is 1. The van der Waals surface area contributed by atoms with Crippen LogP contribution >= 0.6 is 0 Å². The Hall–Kier alpha value is -3.66. The summed E-state index contributed by atoms with van der Waals surface area (Å²) in [6.45, 7) is 2.28. The molecular formula is C24H20N2O2. The predicted molar refractivity (Wildman–Crippen MR) is 110 cm³/mol. The zero-order chi connectivity index (χ0) is 19.3. The molecule has 4 nitrogen and oxygen atoms in total. The molecule has 1 N–H and O–H groups in total. The molecule has 0 saturated heterocycles. The SMILES string of the molecule is Cc1cccc(C(=O)NCc2cc(-c3ccc(-c4ccccc4)cc3)on2)c1. The van der Waals surface area contributed by atoms with Crippen LogP contribution in [0.1, 0.15) is 21.6 Å². The lowest BCUT2D eigenvalue weighted by Crippen LogP contribution is -2.22. The van der Waals surface area contributed by atoms with E-state index in [-0.39, 0.29) is 5.91 Å². The molecule has 0 bridgehead atoms. The lowest BCUT2D eigenvalue weighted by Gasteiger charge is -2.03. The van der Waals surface area contributed by atoms with E-state index in [0.717, 1.165) is 16.7 Å². The summed E-state index contributed by atoms with van der Waals surface area (Å²) >= 11 is 0. The largest absolute Gasteiger partial charge is 0.356 e. The summed E-state index contributed by atoms with van der Waals surface area (Å²) in [4.78, 5) is 12.2. The van der Waals surface area contributed by atoms with Gasteiger partial charge < -0.3 is 9.84 Å². The minimum Gasteiger partial charge on any atom is -0.356 e. The lowest BCUT2D eigenvalue weighted by molar-refractivity contribution is 0.0950. The van der Waals surface area contributed by atoms with Gasteiger partial charge in [-0.2, -0.15) is 0 Å². The van der Waals surface area contributed by atoms with Gasteiger partial charge in [0.05, 0.1) is 6.54 Å². The minimum absolute atomic E-state index is 0.125. The van der Waals surface area contributed by atoms with Gasteiger partial charge in [0.2, 0.25) is 0 Å². The summed E-state index contributed by atoms with van der Waals surface area (Å²) in [5.41, 5.74) is 5.64. The van der Waals surface area contributed by atoms with Crippen molar-refractivity contribution in [1.29, 1.82) is 0 Å². The molecule has 0 aliphatic heterocycles. The Balaban J connectivity index is 1.42. The maximum atomic E-state index is 12.2. The molecule has 3 aromatic carbocycles. The van der Waals surface area contributed by atoms with Crippen molar-refractivity contribution in [2.75, 3.05) is 0 Å². The van der Waals surface area contributed by atoms with Gasteiger partial charge in [0.25, 0.3) is 5.91 Å². The number of amides is 1. The summed E-state index contributed by atoms with van der Waals surface area (Å²) in [5, 5.41) is 6.94. The van der Waals surface area contributed by atoms with Crippen molar-refractivity contribution >= 4 is 5.91 Å². The molecule has 0 fully saturated rings. The quantitative estimate of drug-likeness (QED) is 0.524. The Kier molecular flexibility index (Phi) is 5.02. The first-order chi connectivity index (χ1) is 13.7. The summed E-state index contributed by atoms with van der Waals surface area (Å²) in [6.07, 6.45) is 0. The fourth-order valence-corrected chi connectivity index (χ4v) is 3.05. The minimum atomic E-state index is -0.125. The van der Waals surface area contributed by atoms with Crippen LogP contribution in [-0.2, 0) is 6.54 Å². The Morgan fingerprint density at radius 2 is 1.57 bits per heavy atom. The molecule has 0 saturated carbocycles. The summed E-state index contributed by atoms with van der Waals surface area (Å²) < 4.78 is 5.45. The number of benzene rings is 3. The monoisotopic (exact) mass is 368 g/mol. The molecule has 1 heterocycles. The van der Waals surface area contributed by atoms with Crippen LogP contribution in [0.4, 0.5) is 0 Å². The highest BCUT2D eigenvalue weighted by Crippen LogP contribution is 2.25. The van der Waals surface area contributed by atoms with E-state index in [2.05, 4.69) is 34.7 Å². The van der Waals surface area contributed by atoms with E-state index in [1.165, 1.54) is 5.56 Å². The van der Waals surface area contributed by atoms with Gasteiger partial charge in [0, 0.05) is 17.2 Å². The van der Waals surface area contributed by atoms with E-state index in [9.17, 15) is 4.79 Å². The highest BCUT2D eigenvalue weighted by Gasteiger charge is 2.10.